The van der Waals surface area contributed by atoms with Gasteiger partial charge in [-0.15, -0.1) is 10.2 Å². The lowest BCUT2D eigenvalue weighted by Gasteiger charge is -2.09. The number of benzene rings is 2. The highest BCUT2D eigenvalue weighted by molar-refractivity contribution is 7.99. The number of anilines is 1. The number of methoxy groups -OCH3 is 1. The fourth-order valence-electron chi connectivity index (χ4n) is 2.84. The number of nitro benzene ring substituents is 1. The topological polar surface area (TPSA) is 112 Å². The third kappa shape index (κ3) is 5.74. The first-order valence-corrected chi connectivity index (χ1v) is 10.7. The van der Waals surface area contributed by atoms with Crippen molar-refractivity contribution in [2.24, 2.45) is 0 Å². The van der Waals surface area contributed by atoms with Crippen LogP contribution in [0.4, 0.5) is 11.4 Å². The Labute approximate surface area is 187 Å². The second-order valence-electron chi connectivity index (χ2n) is 6.43. The predicted molar refractivity (Wildman–Crippen MR) is 119 cm³/mol. The number of nitrogens with zero attached hydrogens (tertiary/aromatic N) is 4. The second kappa shape index (κ2) is 10.3. The monoisotopic (exact) mass is 461 g/mol. The van der Waals surface area contributed by atoms with Gasteiger partial charge in [-0.3, -0.25) is 14.9 Å². The van der Waals surface area contributed by atoms with Crippen molar-refractivity contribution in [1.29, 1.82) is 0 Å². The fourth-order valence-corrected chi connectivity index (χ4v) is 3.83. The fraction of sp³-hybridized carbons (Fsp3) is 0.250. The van der Waals surface area contributed by atoms with Crippen molar-refractivity contribution in [2.45, 2.75) is 25.0 Å². The van der Waals surface area contributed by atoms with Crippen molar-refractivity contribution in [3.05, 3.63) is 69.0 Å². The summed E-state index contributed by atoms with van der Waals surface area (Å²) in [5.41, 5.74) is 1.11. The van der Waals surface area contributed by atoms with Gasteiger partial charge in [-0.1, -0.05) is 35.5 Å². The normalized spacial score (nSPS) is 10.7. The van der Waals surface area contributed by atoms with Crippen LogP contribution in [-0.4, -0.2) is 38.5 Å². The molecule has 0 aliphatic carbocycles. The van der Waals surface area contributed by atoms with Crippen LogP contribution in [0.2, 0.25) is 5.02 Å². The van der Waals surface area contributed by atoms with E-state index in [1.165, 1.54) is 30.0 Å². The summed E-state index contributed by atoms with van der Waals surface area (Å²) in [6.45, 7) is 2.63. The van der Waals surface area contributed by atoms with E-state index < -0.39 is 4.92 Å². The number of nitrogens with one attached hydrogen (secondary N) is 1. The predicted octanol–water partition coefficient (Wildman–Crippen LogP) is 4.19. The summed E-state index contributed by atoms with van der Waals surface area (Å²) in [5.74, 6) is 1.28. The van der Waals surface area contributed by atoms with Crippen LogP contribution >= 0.6 is 23.4 Å². The first-order chi connectivity index (χ1) is 14.9. The molecule has 31 heavy (non-hydrogen) atoms. The molecule has 2 aromatic carbocycles. The Balaban J connectivity index is 1.64. The summed E-state index contributed by atoms with van der Waals surface area (Å²) >= 11 is 7.26. The Morgan fingerprint density at radius 1 is 1.26 bits per heavy atom. The number of hydrogen-bond donors (Lipinski definition) is 1. The zero-order valence-electron chi connectivity index (χ0n) is 16.9. The number of rotatable bonds is 9. The van der Waals surface area contributed by atoms with Crippen LogP contribution in [0.3, 0.4) is 0 Å². The van der Waals surface area contributed by atoms with E-state index in [1.54, 1.807) is 7.11 Å². The molecule has 9 nitrogen and oxygen atoms in total. The maximum Gasteiger partial charge on any atom is 0.271 e. The summed E-state index contributed by atoms with van der Waals surface area (Å²) < 4.78 is 7.12. The zero-order chi connectivity index (χ0) is 22.4. The third-order valence-corrected chi connectivity index (χ3v) is 5.69. The summed E-state index contributed by atoms with van der Waals surface area (Å²) in [6.07, 6.45) is 0.598. The van der Waals surface area contributed by atoms with Gasteiger partial charge in [0.15, 0.2) is 5.16 Å². The van der Waals surface area contributed by atoms with Gasteiger partial charge in [-0.2, -0.15) is 0 Å². The molecule has 1 N–H and O–H groups in total. The van der Waals surface area contributed by atoms with Gasteiger partial charge in [0.25, 0.3) is 5.69 Å². The van der Waals surface area contributed by atoms with Crippen LogP contribution in [0.1, 0.15) is 18.3 Å². The third-order valence-electron chi connectivity index (χ3n) is 4.40. The number of nitro groups is 1. The van der Waals surface area contributed by atoms with Crippen molar-refractivity contribution < 1.29 is 14.5 Å². The Morgan fingerprint density at radius 2 is 2.00 bits per heavy atom. The first kappa shape index (κ1) is 22.6. The van der Waals surface area contributed by atoms with Gasteiger partial charge in [0.05, 0.1) is 28.5 Å². The van der Waals surface area contributed by atoms with Crippen molar-refractivity contribution >= 4 is 40.6 Å². The largest absolute Gasteiger partial charge is 0.497 e. The minimum absolute atomic E-state index is 0.0552. The Kier molecular flexibility index (Phi) is 7.48. The number of hydrogen-bond acceptors (Lipinski definition) is 7. The molecular formula is C20H20ClN5O4S. The van der Waals surface area contributed by atoms with E-state index in [1.807, 2.05) is 35.8 Å². The molecule has 1 amide bonds. The molecule has 11 heteroatoms. The molecule has 0 atom stereocenters. The van der Waals surface area contributed by atoms with Gasteiger partial charge >= 0.3 is 0 Å². The molecule has 3 rings (SSSR count). The minimum atomic E-state index is -0.547. The molecule has 1 aromatic heterocycles. The van der Waals surface area contributed by atoms with Crippen LogP contribution in [-0.2, 0) is 17.8 Å². The number of aromatic nitrogens is 3. The number of thioether (sulfide) groups is 1. The highest BCUT2D eigenvalue weighted by Crippen LogP contribution is 2.27. The molecule has 0 bridgehead atoms. The van der Waals surface area contributed by atoms with E-state index in [0.717, 1.165) is 17.1 Å². The molecule has 162 valence electrons. The van der Waals surface area contributed by atoms with Crippen LogP contribution in [0, 0.1) is 10.1 Å². The van der Waals surface area contributed by atoms with Crippen molar-refractivity contribution in [1.82, 2.24) is 14.8 Å². The quantitative estimate of drug-likeness (QED) is 0.289. The number of carbonyl (C=O) groups excluding carboxylic acids is 1. The molecule has 0 unspecified atom stereocenters. The van der Waals surface area contributed by atoms with Crippen LogP contribution in [0.25, 0.3) is 0 Å². The molecule has 0 fully saturated rings. The van der Waals surface area contributed by atoms with Gasteiger partial charge < -0.3 is 14.6 Å². The summed E-state index contributed by atoms with van der Waals surface area (Å²) in [6, 6.07) is 11.6. The molecule has 3 aromatic rings. The summed E-state index contributed by atoms with van der Waals surface area (Å²) in [5, 5.41) is 22.8. The van der Waals surface area contributed by atoms with Gasteiger partial charge in [0, 0.05) is 25.1 Å². The molecule has 0 saturated heterocycles. The lowest BCUT2D eigenvalue weighted by atomic mass is 10.1. The molecule has 0 saturated carbocycles. The molecule has 0 aliphatic rings. The molecule has 0 radical (unpaired) electrons. The summed E-state index contributed by atoms with van der Waals surface area (Å²) in [7, 11) is 1.62. The Bertz CT molecular complexity index is 1090. The number of non-ortho nitro benzene ring substituents is 1. The lowest BCUT2D eigenvalue weighted by molar-refractivity contribution is -0.384. The zero-order valence-corrected chi connectivity index (χ0v) is 18.4. The van der Waals surface area contributed by atoms with E-state index in [9.17, 15) is 14.9 Å². The van der Waals surface area contributed by atoms with E-state index in [0.29, 0.717) is 18.1 Å². The molecule has 0 spiro atoms. The van der Waals surface area contributed by atoms with Crippen LogP contribution in [0.15, 0.2) is 47.6 Å². The average Bonchev–Trinajstić information content (AvgIpc) is 3.15. The van der Waals surface area contributed by atoms with E-state index in [-0.39, 0.29) is 28.1 Å². The van der Waals surface area contributed by atoms with Crippen molar-refractivity contribution in [2.75, 3.05) is 18.2 Å². The number of carbonyl (C=O) groups is 1. The van der Waals surface area contributed by atoms with Gasteiger partial charge in [0.1, 0.15) is 11.6 Å². The van der Waals surface area contributed by atoms with Crippen molar-refractivity contribution in [3.8, 4) is 5.75 Å². The van der Waals surface area contributed by atoms with Gasteiger partial charge in [0.2, 0.25) is 5.91 Å². The second-order valence-corrected chi connectivity index (χ2v) is 7.78. The highest BCUT2D eigenvalue weighted by atomic mass is 35.5. The Hall–Kier alpha value is -3.11. The summed E-state index contributed by atoms with van der Waals surface area (Å²) in [4.78, 5) is 22.7. The van der Waals surface area contributed by atoms with Gasteiger partial charge in [-0.05, 0) is 30.7 Å². The van der Waals surface area contributed by atoms with Gasteiger partial charge in [-0.25, -0.2) is 0 Å². The maximum atomic E-state index is 12.3. The maximum absolute atomic E-state index is 12.3. The SMILES string of the molecule is CCn1c(Cc2ccc(OC)cc2)nnc1SCC(=O)Nc1cc([N+](=O)[O-])ccc1Cl. The first-order valence-electron chi connectivity index (χ1n) is 9.32. The Morgan fingerprint density at radius 3 is 2.65 bits per heavy atom. The average molecular weight is 462 g/mol. The minimum Gasteiger partial charge on any atom is -0.497 e. The molecule has 0 aliphatic heterocycles. The van der Waals surface area contributed by atoms with Crippen molar-refractivity contribution in [3.63, 3.8) is 0 Å². The molecule has 1 heterocycles. The lowest BCUT2D eigenvalue weighted by Crippen LogP contribution is -2.15. The van der Waals surface area contributed by atoms with Crippen LogP contribution in [0.5, 0.6) is 5.75 Å². The van der Waals surface area contributed by atoms with E-state index in [4.69, 9.17) is 16.3 Å². The van der Waals surface area contributed by atoms with Crippen LogP contribution < -0.4 is 10.1 Å². The van der Waals surface area contributed by atoms with E-state index in [2.05, 4.69) is 15.5 Å². The number of ether oxygens (including phenoxy) is 1. The van der Waals surface area contributed by atoms with E-state index >= 15 is 0 Å². The molecular weight excluding hydrogens is 442 g/mol. The number of halogens is 1. The highest BCUT2D eigenvalue weighted by Gasteiger charge is 2.16. The number of amides is 1. The standard InChI is InChI=1S/C20H20ClN5O4S/c1-3-25-18(10-13-4-7-15(30-2)8-5-13)23-24-20(25)31-12-19(27)22-17-11-14(26(28)29)6-9-16(17)21/h4-9,11H,3,10,12H2,1-2H3,(H,22,27). The smallest absolute Gasteiger partial charge is 0.271 e.